The Kier molecular flexibility index (Phi) is 4.11. The number of Topliss-reactive ketones (excluding diaryl/α,β-unsaturated/α-hetero) is 1. The van der Waals surface area contributed by atoms with Gasteiger partial charge >= 0.3 is 0 Å². The van der Waals surface area contributed by atoms with Gasteiger partial charge in [-0.05, 0) is 12.1 Å². The van der Waals surface area contributed by atoms with Crippen molar-refractivity contribution in [1.82, 2.24) is 4.98 Å². The Balaban J connectivity index is 2.95. The van der Waals surface area contributed by atoms with Crippen LogP contribution in [0.25, 0.3) is 0 Å². The van der Waals surface area contributed by atoms with E-state index in [9.17, 15) is 9.18 Å². The molecule has 1 aromatic heterocycles. The van der Waals surface area contributed by atoms with E-state index >= 15 is 0 Å². The Morgan fingerprint density at radius 2 is 2.46 bits per heavy atom. The Morgan fingerprint density at radius 3 is 3.00 bits per heavy atom. The fourth-order valence-electron chi connectivity index (χ4n) is 0.819. The van der Waals surface area contributed by atoms with Crippen molar-refractivity contribution in [2.45, 2.75) is 5.25 Å². The van der Waals surface area contributed by atoms with Crippen molar-refractivity contribution < 1.29 is 9.18 Å². The van der Waals surface area contributed by atoms with E-state index in [-0.39, 0.29) is 11.3 Å². The van der Waals surface area contributed by atoms with E-state index in [1.165, 1.54) is 18.3 Å². The van der Waals surface area contributed by atoms with Gasteiger partial charge in [0.05, 0.1) is 10.8 Å². The molecule has 5 heteroatoms. The van der Waals surface area contributed by atoms with Gasteiger partial charge in [0, 0.05) is 10.6 Å². The molecule has 13 heavy (non-hydrogen) atoms. The molecule has 0 aromatic carbocycles. The number of alkyl halides is 1. The van der Waals surface area contributed by atoms with E-state index in [2.05, 4.69) is 17.6 Å². The third-order valence-corrected chi connectivity index (χ3v) is 3.47. The molecule has 1 unspecified atom stereocenters. The number of hydrogen-bond acceptors (Lipinski definition) is 3. The van der Waals surface area contributed by atoms with Gasteiger partial charge in [0.1, 0.15) is 0 Å². The SMILES string of the molecule is O=C(c1cccnc1F)C(S)CI. The smallest absolute Gasteiger partial charge is 0.223 e. The molecule has 1 atom stereocenters. The number of hydrogen-bond donors (Lipinski definition) is 1. The van der Waals surface area contributed by atoms with E-state index in [1.807, 2.05) is 22.6 Å². The minimum absolute atomic E-state index is 0.0131. The molecule has 0 saturated carbocycles. The van der Waals surface area contributed by atoms with Crippen LogP contribution in [0, 0.1) is 5.95 Å². The van der Waals surface area contributed by atoms with Crippen LogP contribution in [0.1, 0.15) is 10.4 Å². The molecule has 0 radical (unpaired) electrons. The lowest BCUT2D eigenvalue weighted by atomic mass is 10.1. The van der Waals surface area contributed by atoms with Gasteiger partial charge in [-0.3, -0.25) is 4.79 Å². The van der Waals surface area contributed by atoms with E-state index < -0.39 is 11.2 Å². The first-order chi connectivity index (χ1) is 6.16. The van der Waals surface area contributed by atoms with Crippen LogP contribution in [-0.4, -0.2) is 20.4 Å². The number of ketones is 1. The van der Waals surface area contributed by atoms with Gasteiger partial charge in [-0.2, -0.15) is 17.0 Å². The molecule has 2 nitrogen and oxygen atoms in total. The van der Waals surface area contributed by atoms with Crippen LogP contribution in [0.5, 0.6) is 0 Å². The van der Waals surface area contributed by atoms with E-state index in [1.54, 1.807) is 0 Å². The van der Waals surface area contributed by atoms with Gasteiger partial charge in [0.15, 0.2) is 5.78 Å². The fourth-order valence-corrected chi connectivity index (χ4v) is 1.36. The summed E-state index contributed by atoms with van der Waals surface area (Å²) >= 11 is 6.06. The van der Waals surface area contributed by atoms with E-state index in [0.717, 1.165) is 0 Å². The number of pyridine rings is 1. The summed E-state index contributed by atoms with van der Waals surface area (Å²) in [6.07, 6.45) is 1.31. The maximum absolute atomic E-state index is 13.0. The summed E-state index contributed by atoms with van der Waals surface area (Å²) < 4.78 is 13.5. The lowest BCUT2D eigenvalue weighted by Gasteiger charge is -2.05. The van der Waals surface area contributed by atoms with Crippen LogP contribution in [0.4, 0.5) is 4.39 Å². The average molecular weight is 311 g/mol. The molecule has 70 valence electrons. The molecule has 0 aliphatic rings. The predicted octanol–water partition coefficient (Wildman–Crippen LogP) is 2.14. The number of rotatable bonds is 3. The molecule has 0 aliphatic carbocycles. The highest BCUT2D eigenvalue weighted by Crippen LogP contribution is 2.12. The maximum Gasteiger partial charge on any atom is 0.223 e. The first-order valence-corrected chi connectivity index (χ1v) is 5.59. The summed E-state index contributed by atoms with van der Waals surface area (Å²) in [5.41, 5.74) is 0.0131. The molecule has 0 spiro atoms. The van der Waals surface area contributed by atoms with Gasteiger partial charge < -0.3 is 0 Å². The van der Waals surface area contributed by atoms with Crippen LogP contribution >= 0.6 is 35.2 Å². The number of aromatic nitrogens is 1. The third-order valence-electron chi connectivity index (χ3n) is 1.47. The molecule has 1 heterocycles. The summed E-state index contributed by atoms with van der Waals surface area (Å²) in [6.45, 7) is 0. The topological polar surface area (TPSA) is 30.0 Å². The number of carbonyl (C=O) groups is 1. The molecular weight excluding hydrogens is 304 g/mol. The van der Waals surface area contributed by atoms with Crippen LogP contribution in [0.2, 0.25) is 0 Å². The van der Waals surface area contributed by atoms with Gasteiger partial charge in [-0.15, -0.1) is 0 Å². The monoisotopic (exact) mass is 311 g/mol. The van der Waals surface area contributed by atoms with E-state index in [0.29, 0.717) is 4.43 Å². The van der Waals surface area contributed by atoms with Gasteiger partial charge in [-0.25, -0.2) is 4.98 Å². The Hall–Kier alpha value is -0.170. The molecule has 0 bridgehead atoms. The van der Waals surface area contributed by atoms with Gasteiger partial charge in [0.2, 0.25) is 5.95 Å². The minimum Gasteiger partial charge on any atom is -0.293 e. The highest BCUT2D eigenvalue weighted by Gasteiger charge is 2.18. The maximum atomic E-state index is 13.0. The molecule has 1 aromatic rings. The molecule has 0 fully saturated rings. The molecule has 0 amide bonds. The van der Waals surface area contributed by atoms with Crippen molar-refractivity contribution in [3.63, 3.8) is 0 Å². The first kappa shape index (κ1) is 10.9. The summed E-state index contributed by atoms with van der Waals surface area (Å²) in [7, 11) is 0. The van der Waals surface area contributed by atoms with Gasteiger partial charge in [-0.1, -0.05) is 22.6 Å². The second kappa shape index (κ2) is 4.90. The quantitative estimate of drug-likeness (QED) is 0.305. The zero-order chi connectivity index (χ0) is 9.84. The lowest BCUT2D eigenvalue weighted by molar-refractivity contribution is 0.0991. The lowest BCUT2D eigenvalue weighted by Crippen LogP contribution is -2.17. The van der Waals surface area contributed by atoms with Crippen LogP contribution < -0.4 is 0 Å². The average Bonchev–Trinajstić information content (AvgIpc) is 2.16. The van der Waals surface area contributed by atoms with Crippen molar-refractivity contribution in [3.05, 3.63) is 29.8 Å². The fraction of sp³-hybridized carbons (Fsp3) is 0.250. The van der Waals surface area contributed by atoms with Crippen molar-refractivity contribution in [2.24, 2.45) is 0 Å². The van der Waals surface area contributed by atoms with Crippen LogP contribution in [0.15, 0.2) is 18.3 Å². The zero-order valence-electron chi connectivity index (χ0n) is 6.58. The summed E-state index contributed by atoms with van der Waals surface area (Å²) in [5.74, 6) is -1.04. The summed E-state index contributed by atoms with van der Waals surface area (Å²) in [4.78, 5) is 14.8. The summed E-state index contributed by atoms with van der Waals surface area (Å²) in [6, 6.07) is 2.95. The van der Waals surface area contributed by atoms with Gasteiger partial charge in [0.25, 0.3) is 0 Å². The van der Waals surface area contributed by atoms with Crippen molar-refractivity contribution in [1.29, 1.82) is 0 Å². The first-order valence-electron chi connectivity index (χ1n) is 3.55. The highest BCUT2D eigenvalue weighted by atomic mass is 127. The van der Waals surface area contributed by atoms with E-state index in [4.69, 9.17) is 0 Å². The van der Waals surface area contributed by atoms with Crippen molar-refractivity contribution in [3.8, 4) is 0 Å². The normalized spacial score (nSPS) is 12.5. The molecule has 1 rings (SSSR count). The molecule has 0 aliphatic heterocycles. The molecule has 0 saturated heterocycles. The summed E-state index contributed by atoms with van der Waals surface area (Å²) in [5, 5.41) is -0.459. The number of nitrogens with zero attached hydrogens (tertiary/aromatic N) is 1. The largest absolute Gasteiger partial charge is 0.293 e. The second-order valence-corrected chi connectivity index (χ2v) is 3.88. The zero-order valence-corrected chi connectivity index (χ0v) is 9.63. The Morgan fingerprint density at radius 1 is 1.77 bits per heavy atom. The molecule has 0 N–H and O–H groups in total. The highest BCUT2D eigenvalue weighted by molar-refractivity contribution is 14.1. The second-order valence-electron chi connectivity index (χ2n) is 2.38. The molecular formula is C8H7FINOS. The number of carbonyl (C=O) groups excluding carboxylic acids is 1. The standard InChI is InChI=1S/C8H7FINOS/c9-8-5(2-1-3-11-8)7(12)6(13)4-10/h1-3,6,13H,4H2. The third kappa shape index (κ3) is 2.63. The Bertz CT molecular complexity index is 321. The minimum atomic E-state index is -0.726. The van der Waals surface area contributed by atoms with Crippen LogP contribution in [0.3, 0.4) is 0 Å². The van der Waals surface area contributed by atoms with Crippen molar-refractivity contribution >= 4 is 41.0 Å². The number of halogens is 2. The predicted molar refractivity (Wildman–Crippen MR) is 60.2 cm³/mol. The Labute approximate surface area is 94.5 Å². The number of thiol groups is 1. The van der Waals surface area contributed by atoms with Crippen molar-refractivity contribution in [2.75, 3.05) is 4.43 Å². The van der Waals surface area contributed by atoms with Crippen LogP contribution in [-0.2, 0) is 0 Å².